The topological polar surface area (TPSA) is 67.2 Å². The van der Waals surface area contributed by atoms with E-state index in [-0.39, 0.29) is 13.0 Å². The van der Waals surface area contributed by atoms with Crippen molar-refractivity contribution in [2.45, 2.75) is 13.3 Å². The number of hydrogen-bond donors (Lipinski definition) is 2. The summed E-state index contributed by atoms with van der Waals surface area (Å²) in [5.41, 5.74) is -0.406. The van der Waals surface area contributed by atoms with E-state index >= 15 is 0 Å². The van der Waals surface area contributed by atoms with Gasteiger partial charge in [0, 0.05) is 19.0 Å². The number of rotatable bonds is 5. The number of aryl methyl sites for hydroxylation is 1. The number of hydrogen-bond acceptors (Lipinski definition) is 4. The highest BCUT2D eigenvalue weighted by Gasteiger charge is 2.15. The highest BCUT2D eigenvalue weighted by Crippen LogP contribution is 2.19. The second-order valence-corrected chi connectivity index (χ2v) is 4.27. The molecule has 0 saturated carbocycles. The highest BCUT2D eigenvalue weighted by atomic mass is 19.2. The molecule has 1 heterocycles. The van der Waals surface area contributed by atoms with Crippen molar-refractivity contribution in [3.05, 3.63) is 41.4 Å². The van der Waals surface area contributed by atoms with Crippen molar-refractivity contribution in [3.8, 4) is 0 Å². The number of carbonyl (C=O) groups is 1. The maximum atomic E-state index is 13.3. The first-order valence-electron chi connectivity index (χ1n) is 6.08. The van der Waals surface area contributed by atoms with Crippen LogP contribution in [0.3, 0.4) is 0 Å². The zero-order chi connectivity index (χ0) is 15.4. The summed E-state index contributed by atoms with van der Waals surface area (Å²) in [5.74, 6) is -3.82. The summed E-state index contributed by atoms with van der Waals surface area (Å²) >= 11 is 0. The van der Waals surface area contributed by atoms with E-state index in [1.54, 1.807) is 13.0 Å². The van der Waals surface area contributed by atoms with Crippen LogP contribution in [-0.2, 0) is 4.79 Å². The van der Waals surface area contributed by atoms with Crippen molar-refractivity contribution in [1.29, 1.82) is 0 Å². The molecule has 0 atom stereocenters. The lowest BCUT2D eigenvalue weighted by atomic mass is 10.2. The standard InChI is InChI=1S/C13H12F3N3O2/c1-7-6-10(19-21-7)17-5-4-11(20)18-9-3-2-8(14)12(15)13(9)16/h2-3,6H,4-5H2,1H3,(H,17,19)(H,18,20). The van der Waals surface area contributed by atoms with Gasteiger partial charge in [-0.3, -0.25) is 4.79 Å². The zero-order valence-corrected chi connectivity index (χ0v) is 11.0. The Morgan fingerprint density at radius 1 is 1.29 bits per heavy atom. The number of nitrogens with one attached hydrogen (secondary N) is 2. The average Bonchev–Trinajstić information content (AvgIpc) is 2.85. The number of anilines is 2. The molecule has 21 heavy (non-hydrogen) atoms. The van der Waals surface area contributed by atoms with Gasteiger partial charge in [0.25, 0.3) is 0 Å². The monoisotopic (exact) mass is 299 g/mol. The minimum absolute atomic E-state index is 0.00958. The Balaban J connectivity index is 1.86. The molecule has 1 aromatic carbocycles. The van der Waals surface area contributed by atoms with E-state index in [4.69, 9.17) is 4.52 Å². The van der Waals surface area contributed by atoms with Crippen molar-refractivity contribution in [2.75, 3.05) is 17.2 Å². The Bertz CT molecular complexity index is 658. The number of nitrogens with zero attached hydrogens (tertiary/aromatic N) is 1. The van der Waals surface area contributed by atoms with Gasteiger partial charge in [-0.2, -0.15) is 0 Å². The molecule has 5 nitrogen and oxygen atoms in total. The van der Waals surface area contributed by atoms with E-state index < -0.39 is 29.0 Å². The zero-order valence-electron chi connectivity index (χ0n) is 11.0. The molecule has 2 rings (SSSR count). The predicted molar refractivity (Wildman–Crippen MR) is 69.3 cm³/mol. The van der Waals surface area contributed by atoms with E-state index in [1.165, 1.54) is 0 Å². The van der Waals surface area contributed by atoms with Gasteiger partial charge in [0.15, 0.2) is 23.3 Å². The molecule has 8 heteroatoms. The normalized spacial score (nSPS) is 10.5. The largest absolute Gasteiger partial charge is 0.367 e. The van der Waals surface area contributed by atoms with Crippen molar-refractivity contribution >= 4 is 17.4 Å². The Kier molecular flexibility index (Phi) is 4.46. The Morgan fingerprint density at radius 2 is 2.05 bits per heavy atom. The van der Waals surface area contributed by atoms with Gasteiger partial charge in [0.2, 0.25) is 5.91 Å². The molecule has 0 saturated heterocycles. The summed E-state index contributed by atoms with van der Waals surface area (Å²) in [6.45, 7) is 1.94. The van der Waals surface area contributed by atoms with Crippen LogP contribution in [0.1, 0.15) is 12.2 Å². The molecule has 2 N–H and O–H groups in total. The van der Waals surface area contributed by atoms with Crippen LogP contribution in [0.25, 0.3) is 0 Å². The number of halogens is 3. The van der Waals surface area contributed by atoms with Crippen LogP contribution in [0.15, 0.2) is 22.7 Å². The van der Waals surface area contributed by atoms with Gasteiger partial charge in [-0.25, -0.2) is 13.2 Å². The highest BCUT2D eigenvalue weighted by molar-refractivity contribution is 5.91. The van der Waals surface area contributed by atoms with Gasteiger partial charge in [-0.15, -0.1) is 0 Å². The molecule has 0 bridgehead atoms. The fourth-order valence-corrected chi connectivity index (χ4v) is 1.59. The van der Waals surface area contributed by atoms with Gasteiger partial charge < -0.3 is 15.2 Å². The molecule has 0 spiro atoms. The molecular weight excluding hydrogens is 287 g/mol. The molecule has 0 aliphatic carbocycles. The summed E-state index contributed by atoms with van der Waals surface area (Å²) < 4.78 is 43.9. The maximum Gasteiger partial charge on any atom is 0.226 e. The molecular formula is C13H12F3N3O2. The SMILES string of the molecule is Cc1cc(NCCC(=O)Nc2ccc(F)c(F)c2F)no1. The Labute approximate surface area is 118 Å². The molecule has 0 aliphatic heterocycles. The van der Waals surface area contributed by atoms with Crippen LogP contribution in [0.5, 0.6) is 0 Å². The molecule has 0 aliphatic rings. The van der Waals surface area contributed by atoms with E-state index in [2.05, 4.69) is 15.8 Å². The first-order valence-corrected chi connectivity index (χ1v) is 6.08. The van der Waals surface area contributed by atoms with Crippen LogP contribution in [-0.4, -0.2) is 17.6 Å². The van der Waals surface area contributed by atoms with Gasteiger partial charge in [-0.05, 0) is 19.1 Å². The molecule has 0 fully saturated rings. The molecule has 0 radical (unpaired) electrons. The smallest absolute Gasteiger partial charge is 0.226 e. The number of aromatic nitrogens is 1. The van der Waals surface area contributed by atoms with Gasteiger partial charge in [0.1, 0.15) is 5.76 Å². The van der Waals surface area contributed by atoms with Crippen molar-refractivity contribution in [1.82, 2.24) is 5.16 Å². The van der Waals surface area contributed by atoms with E-state index in [9.17, 15) is 18.0 Å². The second kappa shape index (κ2) is 6.29. The summed E-state index contributed by atoms with van der Waals surface area (Å²) in [6, 6.07) is 3.34. The van der Waals surface area contributed by atoms with E-state index in [1.807, 2.05) is 0 Å². The molecule has 1 amide bonds. The predicted octanol–water partition coefficient (Wildman–Crippen LogP) is 2.84. The van der Waals surface area contributed by atoms with Crippen LogP contribution in [0.4, 0.5) is 24.7 Å². The summed E-state index contributed by atoms with van der Waals surface area (Å²) in [5, 5.41) is 8.65. The molecule has 2 aromatic rings. The summed E-state index contributed by atoms with van der Waals surface area (Å²) in [7, 11) is 0. The first kappa shape index (κ1) is 14.9. The minimum Gasteiger partial charge on any atom is -0.367 e. The van der Waals surface area contributed by atoms with Gasteiger partial charge >= 0.3 is 0 Å². The minimum atomic E-state index is -1.62. The lowest BCUT2D eigenvalue weighted by molar-refractivity contribution is -0.116. The van der Waals surface area contributed by atoms with E-state index in [0.29, 0.717) is 11.6 Å². The molecule has 112 valence electrons. The van der Waals surface area contributed by atoms with Gasteiger partial charge in [0.05, 0.1) is 5.69 Å². The number of carbonyl (C=O) groups excluding carboxylic acids is 1. The first-order chi connectivity index (χ1) is 9.97. The summed E-state index contributed by atoms with van der Waals surface area (Å²) in [4.78, 5) is 11.6. The third kappa shape index (κ3) is 3.74. The lowest BCUT2D eigenvalue weighted by Crippen LogP contribution is -2.17. The average molecular weight is 299 g/mol. The molecule has 1 aromatic heterocycles. The van der Waals surface area contributed by atoms with Crippen LogP contribution in [0, 0.1) is 24.4 Å². The van der Waals surface area contributed by atoms with E-state index in [0.717, 1.165) is 12.1 Å². The fraction of sp³-hybridized carbons (Fsp3) is 0.231. The lowest BCUT2D eigenvalue weighted by Gasteiger charge is -2.07. The van der Waals surface area contributed by atoms with Crippen LogP contribution < -0.4 is 10.6 Å². The number of amides is 1. The Morgan fingerprint density at radius 3 is 2.71 bits per heavy atom. The maximum absolute atomic E-state index is 13.3. The molecule has 0 unspecified atom stereocenters. The Hall–Kier alpha value is -2.51. The third-order valence-corrected chi connectivity index (χ3v) is 2.60. The fourth-order valence-electron chi connectivity index (χ4n) is 1.59. The van der Waals surface area contributed by atoms with Crippen molar-refractivity contribution in [2.24, 2.45) is 0 Å². The van der Waals surface area contributed by atoms with Crippen LogP contribution >= 0.6 is 0 Å². The van der Waals surface area contributed by atoms with Gasteiger partial charge in [-0.1, -0.05) is 5.16 Å². The summed E-state index contributed by atoms with van der Waals surface area (Å²) in [6.07, 6.45) is -0.00958. The van der Waals surface area contributed by atoms with Crippen molar-refractivity contribution in [3.63, 3.8) is 0 Å². The third-order valence-electron chi connectivity index (χ3n) is 2.60. The van der Waals surface area contributed by atoms with Crippen molar-refractivity contribution < 1.29 is 22.5 Å². The second-order valence-electron chi connectivity index (χ2n) is 4.27. The number of benzene rings is 1. The van der Waals surface area contributed by atoms with Crippen LogP contribution in [0.2, 0.25) is 0 Å². The quantitative estimate of drug-likeness (QED) is 0.833.